The van der Waals surface area contributed by atoms with E-state index in [-0.39, 0.29) is 0 Å². The van der Waals surface area contributed by atoms with E-state index in [4.69, 9.17) is 0 Å². The summed E-state index contributed by atoms with van der Waals surface area (Å²) in [5.74, 6) is 0.664. The zero-order chi connectivity index (χ0) is 11.0. The van der Waals surface area contributed by atoms with E-state index >= 15 is 0 Å². The number of hydrogen-bond donors (Lipinski definition) is 0. The van der Waals surface area contributed by atoms with Gasteiger partial charge in [0.1, 0.15) is 6.29 Å². The molecule has 0 saturated heterocycles. The Bertz CT molecular complexity index is 429. The fourth-order valence-electron chi connectivity index (χ4n) is 2.39. The average molecular weight is 200 g/mol. The summed E-state index contributed by atoms with van der Waals surface area (Å²) >= 11 is 0. The van der Waals surface area contributed by atoms with Crippen LogP contribution in [0.1, 0.15) is 41.5 Å². The normalized spacial score (nSPS) is 18.7. The Balaban J connectivity index is 2.53. The van der Waals surface area contributed by atoms with Gasteiger partial charge in [0.2, 0.25) is 0 Å². The quantitative estimate of drug-likeness (QED) is 0.529. The molecule has 15 heavy (non-hydrogen) atoms. The first-order valence-electron chi connectivity index (χ1n) is 5.41. The summed E-state index contributed by atoms with van der Waals surface area (Å²) in [5, 5.41) is 0. The lowest BCUT2D eigenvalue weighted by Gasteiger charge is -2.10. The Morgan fingerprint density at radius 2 is 2.27 bits per heavy atom. The van der Waals surface area contributed by atoms with Gasteiger partial charge < -0.3 is 0 Å². The van der Waals surface area contributed by atoms with E-state index in [0.717, 1.165) is 18.3 Å². The summed E-state index contributed by atoms with van der Waals surface area (Å²) in [4.78, 5) is 10.7. The maximum absolute atomic E-state index is 10.7. The summed E-state index contributed by atoms with van der Waals surface area (Å²) in [7, 11) is 0. The molecular formula is C14H16O. The number of hydrogen-bond acceptors (Lipinski definition) is 1. The van der Waals surface area contributed by atoms with Crippen molar-refractivity contribution in [3.05, 3.63) is 41.0 Å². The minimum atomic E-state index is 0.592. The van der Waals surface area contributed by atoms with Crippen molar-refractivity contribution in [1.29, 1.82) is 0 Å². The Morgan fingerprint density at radius 3 is 2.93 bits per heavy atom. The summed E-state index contributed by atoms with van der Waals surface area (Å²) in [6.45, 7) is 8.10. The van der Waals surface area contributed by atoms with Crippen molar-refractivity contribution >= 4 is 11.9 Å². The van der Waals surface area contributed by atoms with Crippen molar-refractivity contribution in [3.8, 4) is 0 Å². The van der Waals surface area contributed by atoms with Crippen LogP contribution in [0.4, 0.5) is 0 Å². The standard InChI is InChI=1S/C14H16O/c1-9-4-5-12-7-13(11(3)8-15)10(2)6-14(9)12/h6-9H,3-5H2,1-2H3. The largest absolute Gasteiger partial charge is 0.298 e. The highest BCUT2D eigenvalue weighted by Crippen LogP contribution is 2.35. The molecule has 0 saturated carbocycles. The highest BCUT2D eigenvalue weighted by Gasteiger charge is 2.20. The van der Waals surface area contributed by atoms with Gasteiger partial charge in [0.15, 0.2) is 0 Å². The Morgan fingerprint density at radius 1 is 1.53 bits per heavy atom. The molecule has 0 N–H and O–H groups in total. The van der Waals surface area contributed by atoms with Gasteiger partial charge in [-0.05, 0) is 47.9 Å². The van der Waals surface area contributed by atoms with Crippen LogP contribution >= 0.6 is 0 Å². The van der Waals surface area contributed by atoms with E-state index in [0.29, 0.717) is 11.5 Å². The molecule has 0 heterocycles. The molecule has 0 amide bonds. The molecule has 2 rings (SSSR count). The Hall–Kier alpha value is -1.37. The smallest absolute Gasteiger partial charge is 0.150 e. The van der Waals surface area contributed by atoms with Gasteiger partial charge in [0.05, 0.1) is 0 Å². The van der Waals surface area contributed by atoms with Crippen LogP contribution in [0.3, 0.4) is 0 Å². The van der Waals surface area contributed by atoms with E-state index in [9.17, 15) is 4.79 Å². The molecule has 1 nitrogen and oxygen atoms in total. The fraction of sp³-hybridized carbons (Fsp3) is 0.357. The molecule has 1 aromatic rings. The van der Waals surface area contributed by atoms with Crippen LogP contribution < -0.4 is 0 Å². The van der Waals surface area contributed by atoms with Gasteiger partial charge in [0.25, 0.3) is 0 Å². The molecule has 0 bridgehead atoms. The molecule has 0 aromatic heterocycles. The predicted octanol–water partition coefficient (Wildman–Crippen LogP) is 3.26. The van der Waals surface area contributed by atoms with Crippen LogP contribution in [-0.2, 0) is 11.2 Å². The molecule has 0 aliphatic heterocycles. The molecule has 1 heteroatoms. The van der Waals surface area contributed by atoms with Crippen LogP contribution in [-0.4, -0.2) is 6.29 Å². The number of aldehydes is 1. The first-order valence-corrected chi connectivity index (χ1v) is 5.41. The van der Waals surface area contributed by atoms with Crippen LogP contribution in [0.25, 0.3) is 5.57 Å². The van der Waals surface area contributed by atoms with E-state index in [1.54, 1.807) is 0 Å². The molecule has 78 valence electrons. The Labute approximate surface area is 90.8 Å². The number of allylic oxidation sites excluding steroid dienone is 1. The summed E-state index contributed by atoms with van der Waals surface area (Å²) in [6, 6.07) is 4.36. The lowest BCUT2D eigenvalue weighted by Crippen LogP contribution is -1.94. The number of aryl methyl sites for hydroxylation is 2. The third kappa shape index (κ3) is 1.63. The zero-order valence-electron chi connectivity index (χ0n) is 9.34. The summed E-state index contributed by atoms with van der Waals surface area (Å²) in [6.07, 6.45) is 3.20. The van der Waals surface area contributed by atoms with Crippen LogP contribution in [0.5, 0.6) is 0 Å². The van der Waals surface area contributed by atoms with E-state index in [1.807, 2.05) is 0 Å². The molecular weight excluding hydrogens is 184 g/mol. The number of rotatable bonds is 2. The molecule has 1 aliphatic carbocycles. The van der Waals surface area contributed by atoms with E-state index < -0.39 is 0 Å². The minimum absolute atomic E-state index is 0.592. The monoisotopic (exact) mass is 200 g/mol. The second kappa shape index (κ2) is 3.65. The van der Waals surface area contributed by atoms with Gasteiger partial charge >= 0.3 is 0 Å². The first kappa shape index (κ1) is 10.2. The van der Waals surface area contributed by atoms with Gasteiger partial charge in [0, 0.05) is 5.57 Å². The number of fused-ring (bicyclic) bond motifs is 1. The average Bonchev–Trinajstić information content (AvgIpc) is 2.58. The number of carbonyl (C=O) groups is 1. The molecule has 1 aliphatic rings. The molecule has 0 radical (unpaired) electrons. The summed E-state index contributed by atoms with van der Waals surface area (Å²) < 4.78 is 0. The van der Waals surface area contributed by atoms with Crippen LogP contribution in [0.2, 0.25) is 0 Å². The maximum atomic E-state index is 10.7. The highest BCUT2D eigenvalue weighted by molar-refractivity contribution is 6.06. The molecule has 1 unspecified atom stereocenters. The zero-order valence-corrected chi connectivity index (χ0v) is 9.34. The summed E-state index contributed by atoms with van der Waals surface area (Å²) in [5.41, 5.74) is 5.62. The van der Waals surface area contributed by atoms with Gasteiger partial charge in [-0.1, -0.05) is 25.6 Å². The van der Waals surface area contributed by atoms with Crippen molar-refractivity contribution in [3.63, 3.8) is 0 Å². The second-order valence-corrected chi connectivity index (χ2v) is 4.45. The van der Waals surface area contributed by atoms with Crippen LogP contribution in [0, 0.1) is 6.92 Å². The van der Waals surface area contributed by atoms with Crippen molar-refractivity contribution in [1.82, 2.24) is 0 Å². The van der Waals surface area contributed by atoms with Crippen molar-refractivity contribution in [2.24, 2.45) is 0 Å². The molecule has 0 fully saturated rings. The minimum Gasteiger partial charge on any atom is -0.298 e. The van der Waals surface area contributed by atoms with E-state index in [2.05, 4.69) is 32.6 Å². The van der Waals surface area contributed by atoms with Crippen molar-refractivity contribution in [2.75, 3.05) is 0 Å². The first-order chi connectivity index (χ1) is 7.13. The van der Waals surface area contributed by atoms with Crippen molar-refractivity contribution < 1.29 is 4.79 Å². The molecule has 1 aromatic carbocycles. The fourth-order valence-corrected chi connectivity index (χ4v) is 2.39. The lowest BCUT2D eigenvalue weighted by molar-refractivity contribution is -0.103. The van der Waals surface area contributed by atoms with Crippen LogP contribution in [0.15, 0.2) is 18.7 Å². The SMILES string of the molecule is C=C(C=O)c1cc2c(cc1C)C(C)CC2. The lowest BCUT2D eigenvalue weighted by atomic mass is 9.94. The van der Waals surface area contributed by atoms with Gasteiger partial charge in [-0.15, -0.1) is 0 Å². The number of carbonyl (C=O) groups excluding carboxylic acids is 1. The van der Waals surface area contributed by atoms with Gasteiger partial charge in [-0.2, -0.15) is 0 Å². The third-order valence-corrected chi connectivity index (χ3v) is 3.35. The molecule has 0 spiro atoms. The molecule has 1 atom stereocenters. The van der Waals surface area contributed by atoms with E-state index in [1.165, 1.54) is 23.1 Å². The third-order valence-electron chi connectivity index (χ3n) is 3.35. The van der Waals surface area contributed by atoms with Gasteiger partial charge in [-0.3, -0.25) is 4.79 Å². The number of benzene rings is 1. The second-order valence-electron chi connectivity index (χ2n) is 4.45. The van der Waals surface area contributed by atoms with Gasteiger partial charge in [-0.25, -0.2) is 0 Å². The highest BCUT2D eigenvalue weighted by atomic mass is 16.1. The maximum Gasteiger partial charge on any atom is 0.150 e. The Kier molecular flexibility index (Phi) is 2.47. The van der Waals surface area contributed by atoms with Crippen molar-refractivity contribution in [2.45, 2.75) is 32.6 Å². The topological polar surface area (TPSA) is 17.1 Å². The predicted molar refractivity (Wildman–Crippen MR) is 63.0 cm³/mol.